The van der Waals surface area contributed by atoms with Crippen molar-refractivity contribution in [2.24, 2.45) is 17.8 Å². The molecule has 4 aliphatic carbocycles. The van der Waals surface area contributed by atoms with Crippen LogP contribution in [0.5, 0.6) is 5.75 Å². The van der Waals surface area contributed by atoms with E-state index in [0.29, 0.717) is 0 Å². The Hall–Kier alpha value is -1.58. The van der Waals surface area contributed by atoms with E-state index >= 15 is 0 Å². The normalized spacial score (nSPS) is 38.1. The maximum absolute atomic E-state index is 11.2. The van der Waals surface area contributed by atoms with Gasteiger partial charge in [0.2, 0.25) is 0 Å². The van der Waals surface area contributed by atoms with Crippen molar-refractivity contribution in [2.45, 2.75) is 43.9 Å². The molecule has 1 aromatic rings. The van der Waals surface area contributed by atoms with E-state index in [0.717, 1.165) is 42.7 Å². The molecule has 4 aliphatic rings. The van der Waals surface area contributed by atoms with Crippen molar-refractivity contribution in [1.29, 1.82) is 0 Å². The van der Waals surface area contributed by atoms with E-state index in [1.165, 1.54) is 25.5 Å². The maximum Gasteiger partial charge on any atom is 0.339 e. The van der Waals surface area contributed by atoms with Gasteiger partial charge in [-0.15, -0.1) is 0 Å². The zero-order chi connectivity index (χ0) is 13.9. The molecule has 5 rings (SSSR count). The Morgan fingerprint density at radius 1 is 1.15 bits per heavy atom. The number of aromatic nitrogens is 1. The molecule has 4 bridgehead atoms. The Labute approximate surface area is 117 Å². The zero-order valence-corrected chi connectivity index (χ0v) is 11.4. The van der Waals surface area contributed by atoms with Crippen LogP contribution in [-0.2, 0) is 5.41 Å². The summed E-state index contributed by atoms with van der Waals surface area (Å²) in [5, 5.41) is 18.8. The van der Waals surface area contributed by atoms with Crippen molar-refractivity contribution in [3.8, 4) is 5.75 Å². The van der Waals surface area contributed by atoms with Crippen molar-refractivity contribution >= 4 is 5.97 Å². The summed E-state index contributed by atoms with van der Waals surface area (Å²) >= 11 is 0. The smallest absolute Gasteiger partial charge is 0.339 e. The first-order valence-corrected chi connectivity index (χ1v) is 7.48. The third kappa shape index (κ3) is 1.67. The van der Waals surface area contributed by atoms with Gasteiger partial charge >= 0.3 is 5.97 Å². The first-order valence-electron chi connectivity index (χ1n) is 7.48. The molecule has 0 atom stereocenters. The molecular weight excluding hydrogens is 254 g/mol. The quantitative estimate of drug-likeness (QED) is 0.869. The molecule has 0 spiro atoms. The molecule has 1 aromatic heterocycles. The van der Waals surface area contributed by atoms with Crippen molar-refractivity contribution in [3.05, 3.63) is 23.5 Å². The highest BCUT2D eigenvalue weighted by Gasteiger charge is 2.52. The van der Waals surface area contributed by atoms with Gasteiger partial charge in [0.05, 0.1) is 6.20 Å². The molecule has 4 saturated carbocycles. The molecule has 4 fully saturated rings. The van der Waals surface area contributed by atoms with Crippen LogP contribution in [0.25, 0.3) is 0 Å². The summed E-state index contributed by atoms with van der Waals surface area (Å²) in [5.74, 6) is 1.09. The van der Waals surface area contributed by atoms with Crippen LogP contribution in [0.4, 0.5) is 0 Å². The van der Waals surface area contributed by atoms with E-state index in [2.05, 4.69) is 4.98 Å². The highest BCUT2D eigenvalue weighted by molar-refractivity contribution is 5.90. The summed E-state index contributed by atoms with van der Waals surface area (Å²) in [4.78, 5) is 15.6. The largest absolute Gasteiger partial charge is 0.505 e. The molecule has 20 heavy (non-hydrogen) atoms. The van der Waals surface area contributed by atoms with Gasteiger partial charge in [0.15, 0.2) is 0 Å². The molecule has 0 aliphatic heterocycles. The Morgan fingerprint density at radius 2 is 1.70 bits per heavy atom. The number of pyridine rings is 1. The number of carboxylic acid groups (broad SMARTS) is 1. The molecule has 4 nitrogen and oxygen atoms in total. The minimum absolute atomic E-state index is 0.00857. The van der Waals surface area contributed by atoms with Crippen LogP contribution in [0.15, 0.2) is 12.3 Å². The number of carboxylic acids is 1. The van der Waals surface area contributed by atoms with Gasteiger partial charge in [0.25, 0.3) is 0 Å². The van der Waals surface area contributed by atoms with Crippen LogP contribution in [0.1, 0.15) is 54.6 Å². The molecule has 0 unspecified atom stereocenters. The lowest BCUT2D eigenvalue weighted by Crippen LogP contribution is -2.49. The van der Waals surface area contributed by atoms with Gasteiger partial charge < -0.3 is 10.2 Å². The Kier molecular flexibility index (Phi) is 2.41. The molecular formula is C16H19NO3. The Bertz CT molecular complexity index is 546. The van der Waals surface area contributed by atoms with Crippen molar-refractivity contribution in [3.63, 3.8) is 0 Å². The first-order chi connectivity index (χ1) is 9.56. The van der Waals surface area contributed by atoms with Gasteiger partial charge in [-0.2, -0.15) is 0 Å². The number of aromatic hydroxyl groups is 1. The second-order valence-electron chi connectivity index (χ2n) is 7.09. The van der Waals surface area contributed by atoms with Crippen LogP contribution in [0.3, 0.4) is 0 Å². The standard InChI is InChI=1S/C16H19NO3/c18-13-8-17-14(4-12(13)15(19)20)16-5-9-1-10(6-16)3-11(2-9)7-16/h4,8-11,18H,1-3,5-7H2,(H,19,20). The highest BCUT2D eigenvalue weighted by Crippen LogP contribution is 2.60. The zero-order valence-electron chi connectivity index (χ0n) is 11.4. The fourth-order valence-electron chi connectivity index (χ4n) is 5.33. The molecule has 0 saturated heterocycles. The summed E-state index contributed by atoms with van der Waals surface area (Å²) in [6.07, 6.45) is 8.81. The third-order valence-corrected chi connectivity index (χ3v) is 5.69. The number of aromatic carboxylic acids is 1. The molecule has 106 valence electrons. The van der Waals surface area contributed by atoms with E-state index in [1.807, 2.05) is 0 Å². The average Bonchev–Trinajstić information content (AvgIpc) is 2.37. The molecule has 4 heteroatoms. The second-order valence-corrected chi connectivity index (χ2v) is 7.09. The minimum Gasteiger partial charge on any atom is -0.505 e. The number of carbonyl (C=O) groups is 1. The Balaban J connectivity index is 1.77. The lowest BCUT2D eigenvalue weighted by molar-refractivity contribution is -0.00726. The molecule has 0 radical (unpaired) electrons. The minimum atomic E-state index is -1.07. The predicted octanol–water partition coefficient (Wildman–Crippen LogP) is 2.95. The van der Waals surface area contributed by atoms with Gasteiger partial charge in [-0.1, -0.05) is 0 Å². The van der Waals surface area contributed by atoms with E-state index < -0.39 is 5.97 Å². The van der Waals surface area contributed by atoms with Gasteiger partial charge in [0, 0.05) is 11.1 Å². The van der Waals surface area contributed by atoms with Gasteiger partial charge in [-0.3, -0.25) is 4.98 Å². The summed E-state index contributed by atoms with van der Waals surface area (Å²) in [6.45, 7) is 0. The summed E-state index contributed by atoms with van der Waals surface area (Å²) in [5.41, 5.74) is 0.963. The fourth-order valence-corrected chi connectivity index (χ4v) is 5.33. The molecule has 2 N–H and O–H groups in total. The number of hydrogen-bond acceptors (Lipinski definition) is 3. The van der Waals surface area contributed by atoms with E-state index in [4.69, 9.17) is 0 Å². The van der Waals surface area contributed by atoms with Crippen LogP contribution in [-0.4, -0.2) is 21.2 Å². The number of nitrogens with zero attached hydrogens (tertiary/aromatic N) is 1. The van der Waals surface area contributed by atoms with E-state index in [1.54, 1.807) is 6.07 Å². The lowest BCUT2D eigenvalue weighted by atomic mass is 9.48. The van der Waals surface area contributed by atoms with Gasteiger partial charge in [0.1, 0.15) is 11.3 Å². The summed E-state index contributed by atoms with van der Waals surface area (Å²) < 4.78 is 0. The van der Waals surface area contributed by atoms with Crippen LogP contribution in [0, 0.1) is 17.8 Å². The van der Waals surface area contributed by atoms with Crippen molar-refractivity contribution < 1.29 is 15.0 Å². The van der Waals surface area contributed by atoms with Crippen LogP contribution in [0.2, 0.25) is 0 Å². The summed E-state index contributed by atoms with van der Waals surface area (Å²) in [6, 6.07) is 1.62. The topological polar surface area (TPSA) is 70.4 Å². The summed E-state index contributed by atoms with van der Waals surface area (Å²) in [7, 11) is 0. The predicted molar refractivity (Wildman–Crippen MR) is 72.7 cm³/mol. The Morgan fingerprint density at radius 3 is 2.20 bits per heavy atom. The molecule has 0 amide bonds. The van der Waals surface area contributed by atoms with Gasteiger partial charge in [-0.25, -0.2) is 4.79 Å². The second kappa shape index (κ2) is 3.96. The molecule has 1 heterocycles. The van der Waals surface area contributed by atoms with Gasteiger partial charge in [-0.05, 0) is 62.3 Å². The third-order valence-electron chi connectivity index (χ3n) is 5.69. The van der Waals surface area contributed by atoms with Crippen LogP contribution < -0.4 is 0 Å². The SMILES string of the molecule is O=C(O)c1cc(C23CC4CC(CC(C4)C2)C3)ncc1O. The number of rotatable bonds is 2. The monoisotopic (exact) mass is 273 g/mol. The van der Waals surface area contributed by atoms with E-state index in [9.17, 15) is 15.0 Å². The average molecular weight is 273 g/mol. The lowest BCUT2D eigenvalue weighted by Gasteiger charge is -2.56. The number of hydrogen-bond donors (Lipinski definition) is 2. The fraction of sp³-hybridized carbons (Fsp3) is 0.625. The van der Waals surface area contributed by atoms with Crippen molar-refractivity contribution in [1.82, 2.24) is 4.98 Å². The van der Waals surface area contributed by atoms with Crippen LogP contribution >= 0.6 is 0 Å². The molecule has 0 aromatic carbocycles. The van der Waals surface area contributed by atoms with Crippen molar-refractivity contribution in [2.75, 3.05) is 0 Å². The maximum atomic E-state index is 11.2. The highest BCUT2D eigenvalue weighted by atomic mass is 16.4. The van der Waals surface area contributed by atoms with E-state index in [-0.39, 0.29) is 16.7 Å². The first kappa shape index (κ1) is 12.2.